The lowest BCUT2D eigenvalue weighted by atomic mass is 9.80. The summed E-state index contributed by atoms with van der Waals surface area (Å²) in [5.74, 6) is -1.44. The van der Waals surface area contributed by atoms with Crippen molar-refractivity contribution in [3.63, 3.8) is 0 Å². The van der Waals surface area contributed by atoms with Crippen LogP contribution in [-0.4, -0.2) is 22.2 Å². The van der Waals surface area contributed by atoms with Gasteiger partial charge in [-0.15, -0.1) is 0 Å². The zero-order chi connectivity index (χ0) is 19.6. The lowest BCUT2D eigenvalue weighted by Crippen LogP contribution is -2.16. The van der Waals surface area contributed by atoms with Gasteiger partial charge >= 0.3 is 11.9 Å². The highest BCUT2D eigenvalue weighted by atomic mass is 16.4. The molecule has 0 bridgehead atoms. The molecule has 26 heavy (non-hydrogen) atoms. The first-order chi connectivity index (χ1) is 12.2. The molecule has 0 aliphatic heterocycles. The van der Waals surface area contributed by atoms with Crippen LogP contribution in [0.5, 0.6) is 0 Å². The topological polar surface area (TPSA) is 74.6 Å². The zero-order valence-electron chi connectivity index (χ0n) is 16.5. The maximum absolute atomic E-state index is 10.6. The standard InChI is InChI=1S/C22H34O4/c1-22(2,3)19-14-10-12-17(11-6-4-8-15-20(23)24)18(19)13-7-5-9-16-21(25)26/h10,12,14H,4-9,11,13,15-16H2,1-3H3,(H,23,24)(H,25,26). The third-order valence-electron chi connectivity index (χ3n) is 4.74. The Bertz CT molecular complexity index is 584. The molecule has 0 fully saturated rings. The molecule has 0 heterocycles. The number of hydrogen-bond donors (Lipinski definition) is 2. The number of hydrogen-bond acceptors (Lipinski definition) is 2. The third kappa shape index (κ3) is 8.50. The van der Waals surface area contributed by atoms with E-state index in [4.69, 9.17) is 10.2 Å². The minimum Gasteiger partial charge on any atom is -0.481 e. The number of carboxylic acids is 2. The second kappa shape index (κ2) is 11.0. The quantitative estimate of drug-likeness (QED) is 0.491. The van der Waals surface area contributed by atoms with Crippen LogP contribution in [0, 0.1) is 0 Å². The van der Waals surface area contributed by atoms with Gasteiger partial charge in [0.25, 0.3) is 0 Å². The fourth-order valence-electron chi connectivity index (χ4n) is 3.39. The van der Waals surface area contributed by atoms with E-state index >= 15 is 0 Å². The van der Waals surface area contributed by atoms with E-state index in [1.807, 2.05) is 0 Å². The monoisotopic (exact) mass is 362 g/mol. The van der Waals surface area contributed by atoms with Crippen molar-refractivity contribution in [3.05, 3.63) is 34.9 Å². The molecule has 0 aliphatic rings. The molecule has 2 N–H and O–H groups in total. The summed E-state index contributed by atoms with van der Waals surface area (Å²) in [6.07, 6.45) is 7.81. The SMILES string of the molecule is CC(C)(C)c1cccc(CCCCCC(=O)O)c1CCCCCC(=O)O. The largest absolute Gasteiger partial charge is 0.481 e. The van der Waals surface area contributed by atoms with Crippen LogP contribution in [0.4, 0.5) is 0 Å². The Kier molecular flexibility index (Phi) is 9.39. The molecule has 0 aromatic heterocycles. The molecular formula is C22H34O4. The third-order valence-corrected chi connectivity index (χ3v) is 4.74. The van der Waals surface area contributed by atoms with E-state index in [1.165, 1.54) is 16.7 Å². The Morgan fingerprint density at radius 1 is 0.808 bits per heavy atom. The van der Waals surface area contributed by atoms with Gasteiger partial charge in [-0.1, -0.05) is 51.8 Å². The molecule has 0 spiro atoms. The number of aliphatic carboxylic acids is 2. The van der Waals surface area contributed by atoms with Gasteiger partial charge in [-0.25, -0.2) is 0 Å². The molecule has 4 heteroatoms. The Balaban J connectivity index is 2.72. The lowest BCUT2D eigenvalue weighted by molar-refractivity contribution is -0.138. The second-order valence-corrected chi connectivity index (χ2v) is 8.10. The van der Waals surface area contributed by atoms with Crippen LogP contribution >= 0.6 is 0 Å². The smallest absolute Gasteiger partial charge is 0.303 e. The number of benzene rings is 1. The fourth-order valence-corrected chi connectivity index (χ4v) is 3.39. The van der Waals surface area contributed by atoms with Crippen molar-refractivity contribution in [1.82, 2.24) is 0 Å². The number of carbonyl (C=O) groups is 2. The van der Waals surface area contributed by atoms with E-state index in [2.05, 4.69) is 39.0 Å². The van der Waals surface area contributed by atoms with Crippen molar-refractivity contribution in [2.24, 2.45) is 0 Å². The molecule has 0 radical (unpaired) electrons. The first kappa shape index (κ1) is 22.2. The van der Waals surface area contributed by atoms with Crippen LogP contribution in [0.25, 0.3) is 0 Å². The van der Waals surface area contributed by atoms with Gasteiger partial charge in [0.1, 0.15) is 0 Å². The van der Waals surface area contributed by atoms with E-state index in [1.54, 1.807) is 0 Å². The highest BCUT2D eigenvalue weighted by molar-refractivity contribution is 5.66. The maximum atomic E-state index is 10.6. The first-order valence-electron chi connectivity index (χ1n) is 9.76. The average Bonchev–Trinajstić information content (AvgIpc) is 2.53. The second-order valence-electron chi connectivity index (χ2n) is 8.10. The maximum Gasteiger partial charge on any atom is 0.303 e. The average molecular weight is 363 g/mol. The Morgan fingerprint density at radius 3 is 1.85 bits per heavy atom. The Labute approximate surface area is 157 Å². The summed E-state index contributed by atoms with van der Waals surface area (Å²) in [7, 11) is 0. The summed E-state index contributed by atoms with van der Waals surface area (Å²) in [4.78, 5) is 21.3. The zero-order valence-corrected chi connectivity index (χ0v) is 16.5. The van der Waals surface area contributed by atoms with Gasteiger partial charge in [0.05, 0.1) is 0 Å². The molecule has 0 amide bonds. The first-order valence-corrected chi connectivity index (χ1v) is 9.76. The van der Waals surface area contributed by atoms with E-state index in [-0.39, 0.29) is 18.3 Å². The molecular weight excluding hydrogens is 328 g/mol. The number of aryl methyl sites for hydroxylation is 1. The predicted molar refractivity (Wildman–Crippen MR) is 105 cm³/mol. The minimum atomic E-state index is -0.721. The highest BCUT2D eigenvalue weighted by Gasteiger charge is 2.19. The van der Waals surface area contributed by atoms with Crippen molar-refractivity contribution in [2.75, 3.05) is 0 Å². The molecule has 0 unspecified atom stereocenters. The predicted octanol–water partition coefficient (Wildman–Crippen LogP) is 5.36. The van der Waals surface area contributed by atoms with Gasteiger partial charge in [-0.2, -0.15) is 0 Å². The molecule has 0 saturated carbocycles. The minimum absolute atomic E-state index is 0.0791. The number of rotatable bonds is 12. The van der Waals surface area contributed by atoms with Crippen molar-refractivity contribution in [2.45, 2.75) is 90.4 Å². The summed E-state index contributed by atoms with van der Waals surface area (Å²) in [6, 6.07) is 6.53. The van der Waals surface area contributed by atoms with E-state index < -0.39 is 11.9 Å². The van der Waals surface area contributed by atoms with Crippen molar-refractivity contribution in [1.29, 1.82) is 0 Å². The summed E-state index contributed by atoms with van der Waals surface area (Å²) in [5, 5.41) is 17.5. The van der Waals surface area contributed by atoms with E-state index in [9.17, 15) is 9.59 Å². The molecule has 1 aromatic rings. The number of carboxylic acid groups (broad SMARTS) is 2. The molecule has 0 saturated heterocycles. The normalized spacial score (nSPS) is 11.5. The van der Waals surface area contributed by atoms with Crippen molar-refractivity contribution < 1.29 is 19.8 Å². The molecule has 4 nitrogen and oxygen atoms in total. The summed E-state index contributed by atoms with van der Waals surface area (Å²) in [5.41, 5.74) is 4.23. The highest BCUT2D eigenvalue weighted by Crippen LogP contribution is 2.30. The molecule has 0 aliphatic carbocycles. The van der Waals surface area contributed by atoms with Crippen LogP contribution in [0.1, 0.15) is 88.8 Å². The van der Waals surface area contributed by atoms with Crippen LogP contribution in [0.2, 0.25) is 0 Å². The Hall–Kier alpha value is -1.84. The molecule has 1 aromatic carbocycles. The van der Waals surface area contributed by atoms with Gasteiger partial charge in [0.2, 0.25) is 0 Å². The summed E-state index contributed by atoms with van der Waals surface area (Å²) in [6.45, 7) is 6.69. The van der Waals surface area contributed by atoms with Crippen molar-refractivity contribution >= 4 is 11.9 Å². The van der Waals surface area contributed by atoms with Gasteiger partial charge in [-0.05, 0) is 60.6 Å². The molecule has 146 valence electrons. The number of unbranched alkanes of at least 4 members (excludes halogenated alkanes) is 4. The van der Waals surface area contributed by atoms with Crippen molar-refractivity contribution in [3.8, 4) is 0 Å². The van der Waals surface area contributed by atoms with Gasteiger partial charge in [-0.3, -0.25) is 9.59 Å². The van der Waals surface area contributed by atoms with Gasteiger partial charge in [0.15, 0.2) is 0 Å². The van der Waals surface area contributed by atoms with Crippen LogP contribution in [-0.2, 0) is 27.8 Å². The van der Waals surface area contributed by atoms with Crippen LogP contribution < -0.4 is 0 Å². The lowest BCUT2D eigenvalue weighted by Gasteiger charge is -2.25. The van der Waals surface area contributed by atoms with Gasteiger partial charge < -0.3 is 10.2 Å². The molecule has 1 rings (SSSR count). The molecule has 0 atom stereocenters. The summed E-state index contributed by atoms with van der Waals surface area (Å²) < 4.78 is 0. The van der Waals surface area contributed by atoms with Gasteiger partial charge in [0, 0.05) is 12.8 Å². The summed E-state index contributed by atoms with van der Waals surface area (Å²) >= 11 is 0. The van der Waals surface area contributed by atoms with E-state index in [0.29, 0.717) is 0 Å². The van der Waals surface area contributed by atoms with E-state index in [0.717, 1.165) is 51.4 Å². The fraction of sp³-hybridized carbons (Fsp3) is 0.636. The van der Waals surface area contributed by atoms with Crippen LogP contribution in [0.3, 0.4) is 0 Å². The Morgan fingerprint density at radius 2 is 1.35 bits per heavy atom. The van der Waals surface area contributed by atoms with Crippen LogP contribution in [0.15, 0.2) is 18.2 Å².